The Labute approximate surface area is 108 Å². The molecule has 4 heteroatoms. The molecule has 0 aliphatic heterocycles. The molecule has 17 heavy (non-hydrogen) atoms. The summed E-state index contributed by atoms with van der Waals surface area (Å²) in [6.07, 6.45) is 3.69. The predicted octanol–water partition coefficient (Wildman–Crippen LogP) is 4.08. The van der Waals surface area contributed by atoms with Crippen molar-refractivity contribution in [3.05, 3.63) is 42.0 Å². The van der Waals surface area contributed by atoms with Crippen LogP contribution in [0.25, 0.3) is 21.3 Å². The van der Waals surface area contributed by atoms with Crippen LogP contribution in [0.1, 0.15) is 0 Å². The minimum Gasteiger partial charge on any atom is -0.229 e. The minimum atomic E-state index is 1.05. The van der Waals surface area contributed by atoms with Crippen LogP contribution in [-0.2, 0) is 0 Å². The van der Waals surface area contributed by atoms with Crippen LogP contribution in [-0.4, -0.2) is 16.2 Å². The summed E-state index contributed by atoms with van der Waals surface area (Å²) < 4.78 is 0. The number of thioether (sulfide) groups is 1. The van der Waals surface area contributed by atoms with E-state index in [2.05, 4.69) is 39.6 Å². The Balaban J connectivity index is 2.31. The first-order chi connectivity index (χ1) is 8.40. The van der Waals surface area contributed by atoms with E-state index < -0.39 is 0 Å². The summed E-state index contributed by atoms with van der Waals surface area (Å²) in [6.45, 7) is 0. The summed E-state index contributed by atoms with van der Waals surface area (Å²) in [7, 11) is 0. The van der Waals surface area contributed by atoms with Crippen molar-refractivity contribution >= 4 is 33.3 Å². The maximum absolute atomic E-state index is 4.34. The highest BCUT2D eigenvalue weighted by Gasteiger charge is 2.11. The number of benzene rings is 1. The lowest BCUT2D eigenvalue weighted by atomic mass is 10.1. The van der Waals surface area contributed by atoms with E-state index in [0.29, 0.717) is 0 Å². The number of rotatable bonds is 2. The molecule has 0 spiro atoms. The standard InChI is InChI=1S/C13H10N2S2/c1-16-12-11-10(9-5-3-2-4-6-9)7-17-13(11)15-8-14-12/h2-8H,1H3. The fourth-order valence-electron chi connectivity index (χ4n) is 1.83. The van der Waals surface area contributed by atoms with Crippen molar-refractivity contribution in [3.8, 4) is 11.1 Å². The highest BCUT2D eigenvalue weighted by Crippen LogP contribution is 2.36. The van der Waals surface area contributed by atoms with Crippen LogP contribution in [0.5, 0.6) is 0 Å². The van der Waals surface area contributed by atoms with Gasteiger partial charge in [0.15, 0.2) is 0 Å². The lowest BCUT2D eigenvalue weighted by Crippen LogP contribution is -1.84. The molecule has 0 atom stereocenters. The first-order valence-corrected chi connectivity index (χ1v) is 7.32. The summed E-state index contributed by atoms with van der Waals surface area (Å²) >= 11 is 3.34. The molecule has 3 aromatic rings. The Bertz CT molecular complexity index is 647. The van der Waals surface area contributed by atoms with Crippen molar-refractivity contribution in [2.24, 2.45) is 0 Å². The molecule has 0 saturated heterocycles. The topological polar surface area (TPSA) is 25.8 Å². The van der Waals surface area contributed by atoms with E-state index in [0.717, 1.165) is 9.86 Å². The Morgan fingerprint density at radius 1 is 1.12 bits per heavy atom. The number of nitrogens with zero attached hydrogens (tertiary/aromatic N) is 2. The summed E-state index contributed by atoms with van der Waals surface area (Å²) in [5.41, 5.74) is 2.46. The summed E-state index contributed by atoms with van der Waals surface area (Å²) in [6, 6.07) is 10.4. The second kappa shape index (κ2) is 4.47. The van der Waals surface area contributed by atoms with Gasteiger partial charge in [-0.05, 0) is 11.8 Å². The Kier molecular flexibility index (Phi) is 2.82. The fraction of sp³-hybridized carbons (Fsp3) is 0.0769. The third-order valence-corrected chi connectivity index (χ3v) is 4.20. The maximum Gasteiger partial charge on any atom is 0.128 e. The number of hydrogen-bond donors (Lipinski definition) is 0. The molecule has 84 valence electrons. The maximum atomic E-state index is 4.34. The van der Waals surface area contributed by atoms with Gasteiger partial charge >= 0.3 is 0 Å². The van der Waals surface area contributed by atoms with Crippen molar-refractivity contribution < 1.29 is 0 Å². The zero-order valence-corrected chi connectivity index (χ0v) is 10.9. The van der Waals surface area contributed by atoms with Gasteiger partial charge in [0.1, 0.15) is 16.2 Å². The van der Waals surface area contributed by atoms with E-state index in [1.807, 2.05) is 12.3 Å². The fourth-order valence-corrected chi connectivity index (χ4v) is 3.38. The number of aromatic nitrogens is 2. The smallest absolute Gasteiger partial charge is 0.128 e. The molecule has 0 saturated carbocycles. The molecule has 3 rings (SSSR count). The van der Waals surface area contributed by atoms with Crippen molar-refractivity contribution in [2.75, 3.05) is 6.26 Å². The van der Waals surface area contributed by atoms with Crippen LogP contribution < -0.4 is 0 Å². The van der Waals surface area contributed by atoms with Crippen molar-refractivity contribution in [3.63, 3.8) is 0 Å². The van der Waals surface area contributed by atoms with E-state index in [9.17, 15) is 0 Å². The van der Waals surface area contributed by atoms with Crippen LogP contribution in [0.3, 0.4) is 0 Å². The van der Waals surface area contributed by atoms with Crippen molar-refractivity contribution in [2.45, 2.75) is 5.03 Å². The van der Waals surface area contributed by atoms with Gasteiger partial charge in [-0.25, -0.2) is 9.97 Å². The van der Waals surface area contributed by atoms with Gasteiger partial charge in [-0.3, -0.25) is 0 Å². The van der Waals surface area contributed by atoms with E-state index in [1.54, 1.807) is 29.4 Å². The molecule has 2 heterocycles. The number of hydrogen-bond acceptors (Lipinski definition) is 4. The van der Waals surface area contributed by atoms with Crippen LogP contribution in [0.4, 0.5) is 0 Å². The second-order valence-corrected chi connectivity index (χ2v) is 5.23. The second-order valence-electron chi connectivity index (χ2n) is 3.58. The highest BCUT2D eigenvalue weighted by atomic mass is 32.2. The third kappa shape index (κ3) is 1.83. The highest BCUT2D eigenvalue weighted by molar-refractivity contribution is 7.98. The SMILES string of the molecule is CSc1ncnc2scc(-c3ccccc3)c12. The largest absolute Gasteiger partial charge is 0.229 e. The van der Waals surface area contributed by atoms with Gasteiger partial charge in [0.05, 0.1) is 5.39 Å². The number of thiophene rings is 1. The monoisotopic (exact) mass is 258 g/mol. The molecule has 0 aliphatic rings. The van der Waals surface area contributed by atoms with E-state index in [-0.39, 0.29) is 0 Å². The summed E-state index contributed by atoms with van der Waals surface area (Å²) in [5.74, 6) is 0. The molecule has 0 N–H and O–H groups in total. The molecule has 0 amide bonds. The van der Waals surface area contributed by atoms with Gasteiger partial charge in [-0.1, -0.05) is 30.3 Å². The van der Waals surface area contributed by atoms with Gasteiger partial charge in [-0.2, -0.15) is 0 Å². The van der Waals surface area contributed by atoms with Crippen LogP contribution >= 0.6 is 23.1 Å². The molecule has 0 radical (unpaired) electrons. The molecule has 2 aromatic heterocycles. The zero-order valence-electron chi connectivity index (χ0n) is 9.25. The van der Waals surface area contributed by atoms with Gasteiger partial charge in [0.2, 0.25) is 0 Å². The van der Waals surface area contributed by atoms with E-state index in [4.69, 9.17) is 0 Å². The first-order valence-electron chi connectivity index (χ1n) is 5.22. The quantitative estimate of drug-likeness (QED) is 0.511. The molecule has 0 aliphatic carbocycles. The van der Waals surface area contributed by atoms with E-state index in [1.165, 1.54) is 16.5 Å². The van der Waals surface area contributed by atoms with Gasteiger partial charge in [0.25, 0.3) is 0 Å². The molecule has 0 unspecified atom stereocenters. The van der Waals surface area contributed by atoms with Gasteiger partial charge in [-0.15, -0.1) is 23.1 Å². The van der Waals surface area contributed by atoms with Gasteiger partial charge < -0.3 is 0 Å². The Morgan fingerprint density at radius 3 is 2.71 bits per heavy atom. The van der Waals surface area contributed by atoms with Crippen molar-refractivity contribution in [1.29, 1.82) is 0 Å². The van der Waals surface area contributed by atoms with E-state index >= 15 is 0 Å². The minimum absolute atomic E-state index is 1.05. The van der Waals surface area contributed by atoms with Gasteiger partial charge in [0, 0.05) is 10.9 Å². The lowest BCUT2D eigenvalue weighted by Gasteiger charge is -2.02. The molecular weight excluding hydrogens is 248 g/mol. The Hall–Kier alpha value is -1.39. The predicted molar refractivity (Wildman–Crippen MR) is 74.6 cm³/mol. The molecular formula is C13H10N2S2. The molecule has 0 fully saturated rings. The normalized spacial score (nSPS) is 10.9. The average Bonchev–Trinajstić information content (AvgIpc) is 2.83. The van der Waals surface area contributed by atoms with Crippen molar-refractivity contribution in [1.82, 2.24) is 9.97 Å². The third-order valence-electron chi connectivity index (χ3n) is 2.61. The summed E-state index contributed by atoms with van der Waals surface area (Å²) in [4.78, 5) is 9.73. The lowest BCUT2D eigenvalue weighted by molar-refractivity contribution is 1.11. The molecule has 0 bridgehead atoms. The Morgan fingerprint density at radius 2 is 1.94 bits per heavy atom. The van der Waals surface area contributed by atoms with Crippen LogP contribution in [0.15, 0.2) is 47.1 Å². The summed E-state index contributed by atoms with van der Waals surface area (Å²) in [5, 5.41) is 4.39. The average molecular weight is 258 g/mol. The molecule has 2 nitrogen and oxygen atoms in total. The first kappa shape index (κ1) is 10.7. The number of fused-ring (bicyclic) bond motifs is 1. The molecule has 1 aromatic carbocycles. The van der Waals surface area contributed by atoms with Crippen LogP contribution in [0.2, 0.25) is 0 Å². The van der Waals surface area contributed by atoms with Crippen LogP contribution in [0, 0.1) is 0 Å². The zero-order chi connectivity index (χ0) is 11.7.